The first-order chi connectivity index (χ1) is 8.83. The molecule has 0 amide bonds. The Kier molecular flexibility index (Phi) is 5.33. The van der Waals surface area contributed by atoms with E-state index >= 15 is 0 Å². The fourth-order valence-electron chi connectivity index (χ4n) is 2.45. The van der Waals surface area contributed by atoms with Crippen LogP contribution in [0.5, 0.6) is 5.75 Å². The number of halogens is 1. The van der Waals surface area contributed by atoms with Crippen LogP contribution < -0.4 is 4.74 Å². The van der Waals surface area contributed by atoms with Gasteiger partial charge in [-0.15, -0.1) is 11.6 Å². The fraction of sp³-hybridized carbons (Fsp3) is 0.600. The number of ether oxygens (including phenoxy) is 1. The molecule has 1 saturated heterocycles. The van der Waals surface area contributed by atoms with E-state index in [1.54, 1.807) is 0 Å². The second-order valence-corrected chi connectivity index (χ2v) is 5.10. The molecule has 100 valence electrons. The molecule has 0 radical (unpaired) electrons. The maximum Gasteiger partial charge on any atom is 0.152 e. The van der Waals surface area contributed by atoms with Crippen LogP contribution in [0.2, 0.25) is 0 Å². The maximum absolute atomic E-state index is 6.12. The summed E-state index contributed by atoms with van der Waals surface area (Å²) in [5.74, 6) is 1.51. The largest absolute Gasteiger partial charge is 0.475 e. The normalized spacial score (nSPS) is 21.6. The van der Waals surface area contributed by atoms with Crippen molar-refractivity contribution in [3.05, 3.63) is 29.8 Å². The molecule has 0 N–H and O–H groups in total. The summed E-state index contributed by atoms with van der Waals surface area (Å²) >= 11 is 5.79. The third-order valence-electron chi connectivity index (χ3n) is 3.56. The van der Waals surface area contributed by atoms with Crippen LogP contribution in [0.25, 0.3) is 0 Å². The van der Waals surface area contributed by atoms with Gasteiger partial charge in [-0.05, 0) is 43.5 Å². The fourth-order valence-corrected chi connectivity index (χ4v) is 2.62. The molecule has 2 nitrogen and oxygen atoms in total. The highest BCUT2D eigenvalue weighted by Gasteiger charge is 2.20. The highest BCUT2D eigenvalue weighted by molar-refractivity contribution is 6.17. The van der Waals surface area contributed by atoms with Gasteiger partial charge in [0.15, 0.2) is 6.23 Å². The van der Waals surface area contributed by atoms with E-state index in [-0.39, 0.29) is 6.23 Å². The molecule has 1 aromatic rings. The minimum absolute atomic E-state index is 0.236. The molecular formula is C15H22ClNO. The molecule has 1 aliphatic rings. The molecule has 18 heavy (non-hydrogen) atoms. The smallest absolute Gasteiger partial charge is 0.152 e. The number of alkyl halides is 1. The van der Waals surface area contributed by atoms with Crippen LogP contribution in [0.4, 0.5) is 0 Å². The molecule has 0 aliphatic carbocycles. The van der Waals surface area contributed by atoms with Crippen LogP contribution in [-0.4, -0.2) is 24.2 Å². The second kappa shape index (κ2) is 7.01. The summed E-state index contributed by atoms with van der Waals surface area (Å²) in [7, 11) is 0. The molecule has 1 aromatic carbocycles. The van der Waals surface area contributed by atoms with Gasteiger partial charge in [0.1, 0.15) is 5.75 Å². The molecule has 0 saturated carbocycles. The van der Waals surface area contributed by atoms with E-state index in [1.165, 1.54) is 19.3 Å². The van der Waals surface area contributed by atoms with Crippen LogP contribution in [0.1, 0.15) is 38.2 Å². The van der Waals surface area contributed by atoms with Crippen molar-refractivity contribution >= 4 is 11.6 Å². The Labute approximate surface area is 115 Å². The molecule has 1 unspecified atom stereocenters. The Balaban J connectivity index is 2.00. The van der Waals surface area contributed by atoms with Crippen LogP contribution in [0.3, 0.4) is 0 Å². The van der Waals surface area contributed by atoms with Crippen molar-refractivity contribution in [2.45, 2.75) is 44.7 Å². The van der Waals surface area contributed by atoms with Gasteiger partial charge in [-0.3, -0.25) is 4.90 Å². The van der Waals surface area contributed by atoms with Crippen molar-refractivity contribution < 1.29 is 4.74 Å². The van der Waals surface area contributed by atoms with Crippen LogP contribution in [-0.2, 0) is 5.88 Å². The van der Waals surface area contributed by atoms with Crippen molar-refractivity contribution in [1.82, 2.24) is 4.90 Å². The molecular weight excluding hydrogens is 246 g/mol. The first kappa shape index (κ1) is 13.7. The van der Waals surface area contributed by atoms with E-state index in [4.69, 9.17) is 16.3 Å². The van der Waals surface area contributed by atoms with Gasteiger partial charge in [-0.25, -0.2) is 0 Å². The average Bonchev–Trinajstić information content (AvgIpc) is 2.64. The van der Waals surface area contributed by atoms with Gasteiger partial charge in [0.25, 0.3) is 0 Å². The van der Waals surface area contributed by atoms with E-state index in [0.29, 0.717) is 5.88 Å². The average molecular weight is 268 g/mol. The topological polar surface area (TPSA) is 12.5 Å². The van der Waals surface area contributed by atoms with Crippen molar-refractivity contribution in [3.8, 4) is 5.75 Å². The van der Waals surface area contributed by atoms with E-state index < -0.39 is 0 Å². The number of benzene rings is 1. The number of hydrogen-bond donors (Lipinski definition) is 0. The molecule has 0 bridgehead atoms. The Hall–Kier alpha value is -0.730. The summed E-state index contributed by atoms with van der Waals surface area (Å²) in [6.45, 7) is 4.42. The molecule has 0 aromatic heterocycles. The maximum atomic E-state index is 6.12. The van der Waals surface area contributed by atoms with Crippen molar-refractivity contribution in [3.63, 3.8) is 0 Å². The lowest BCUT2D eigenvalue weighted by Crippen LogP contribution is -2.38. The molecule has 1 fully saturated rings. The Morgan fingerprint density at radius 1 is 1.22 bits per heavy atom. The van der Waals surface area contributed by atoms with Crippen molar-refractivity contribution in [1.29, 1.82) is 0 Å². The third-order valence-corrected chi connectivity index (χ3v) is 3.87. The monoisotopic (exact) mass is 267 g/mol. The van der Waals surface area contributed by atoms with E-state index in [0.717, 1.165) is 30.8 Å². The Morgan fingerprint density at radius 3 is 2.67 bits per heavy atom. The summed E-state index contributed by atoms with van der Waals surface area (Å²) in [6, 6.07) is 8.12. The molecule has 2 rings (SSSR count). The quantitative estimate of drug-likeness (QED) is 0.764. The Morgan fingerprint density at radius 2 is 2.00 bits per heavy atom. The van der Waals surface area contributed by atoms with Gasteiger partial charge in [0.2, 0.25) is 0 Å². The van der Waals surface area contributed by atoms with Gasteiger partial charge < -0.3 is 4.74 Å². The van der Waals surface area contributed by atoms with Crippen LogP contribution in [0, 0.1) is 0 Å². The molecule has 0 spiro atoms. The van der Waals surface area contributed by atoms with E-state index in [9.17, 15) is 0 Å². The lowest BCUT2D eigenvalue weighted by molar-refractivity contribution is 0.0298. The third kappa shape index (κ3) is 3.63. The minimum atomic E-state index is 0.236. The predicted octanol–water partition coefficient (Wildman–Crippen LogP) is 4.03. The number of nitrogens with zero attached hydrogens (tertiary/aromatic N) is 1. The molecule has 3 heteroatoms. The SMILES string of the molecule is CCN1CCCCCC1Oc1ccc(CCl)cc1. The first-order valence-electron chi connectivity index (χ1n) is 6.89. The van der Waals surface area contributed by atoms with Gasteiger partial charge in [-0.1, -0.05) is 25.5 Å². The highest BCUT2D eigenvalue weighted by atomic mass is 35.5. The summed E-state index contributed by atoms with van der Waals surface area (Å²) in [5, 5.41) is 0. The zero-order chi connectivity index (χ0) is 12.8. The number of hydrogen-bond acceptors (Lipinski definition) is 2. The lowest BCUT2D eigenvalue weighted by Gasteiger charge is -2.29. The zero-order valence-electron chi connectivity index (χ0n) is 11.1. The van der Waals surface area contributed by atoms with Crippen LogP contribution >= 0.6 is 11.6 Å². The molecule has 1 atom stereocenters. The van der Waals surface area contributed by atoms with E-state index in [2.05, 4.69) is 11.8 Å². The molecule has 1 aliphatic heterocycles. The summed E-state index contributed by atoms with van der Waals surface area (Å²) < 4.78 is 6.12. The lowest BCUT2D eigenvalue weighted by atomic mass is 10.2. The number of likely N-dealkylation sites (tertiary alicyclic amines) is 1. The Bertz CT molecular complexity index is 352. The van der Waals surface area contributed by atoms with Crippen molar-refractivity contribution in [2.24, 2.45) is 0 Å². The predicted molar refractivity (Wildman–Crippen MR) is 76.1 cm³/mol. The summed E-state index contributed by atoms with van der Waals surface area (Å²) in [4.78, 5) is 2.43. The standard InChI is InChI=1S/C15H22ClNO/c1-2-17-11-5-3-4-6-15(17)18-14-9-7-13(12-16)8-10-14/h7-10,15H,2-6,11-12H2,1H3. The van der Waals surface area contributed by atoms with Crippen molar-refractivity contribution in [2.75, 3.05) is 13.1 Å². The van der Waals surface area contributed by atoms with E-state index in [1.807, 2.05) is 24.3 Å². The van der Waals surface area contributed by atoms with Crippen LogP contribution in [0.15, 0.2) is 24.3 Å². The van der Waals surface area contributed by atoms with Gasteiger partial charge in [0, 0.05) is 12.4 Å². The second-order valence-electron chi connectivity index (χ2n) is 4.83. The highest BCUT2D eigenvalue weighted by Crippen LogP contribution is 2.21. The zero-order valence-corrected chi connectivity index (χ0v) is 11.8. The van der Waals surface area contributed by atoms with Gasteiger partial charge >= 0.3 is 0 Å². The minimum Gasteiger partial charge on any atom is -0.475 e. The summed E-state index contributed by atoms with van der Waals surface area (Å²) in [5.41, 5.74) is 1.14. The first-order valence-corrected chi connectivity index (χ1v) is 7.42. The summed E-state index contributed by atoms with van der Waals surface area (Å²) in [6.07, 6.45) is 5.24. The van der Waals surface area contributed by atoms with Gasteiger partial charge in [-0.2, -0.15) is 0 Å². The molecule has 1 heterocycles. The number of rotatable bonds is 4. The van der Waals surface area contributed by atoms with Gasteiger partial charge in [0.05, 0.1) is 0 Å².